The van der Waals surface area contributed by atoms with Crippen LogP contribution in [-0.4, -0.2) is 52.9 Å². The summed E-state index contributed by atoms with van der Waals surface area (Å²) in [6.45, 7) is 5.49. The molecule has 7 nitrogen and oxygen atoms in total. The number of Topliss-reactive ketones (excluding diaryl/α,β-unsaturated/α-hetero) is 1. The molecule has 2 aromatic carbocycles. The van der Waals surface area contributed by atoms with Crippen LogP contribution in [0.25, 0.3) is 6.08 Å². The van der Waals surface area contributed by atoms with Gasteiger partial charge < -0.3 is 29.0 Å². The van der Waals surface area contributed by atoms with Gasteiger partial charge in [-0.1, -0.05) is 23.9 Å². The molecule has 0 saturated heterocycles. The summed E-state index contributed by atoms with van der Waals surface area (Å²) in [5.74, 6) is 0.977. The Morgan fingerprint density at radius 3 is 2.32 bits per heavy atom. The third-order valence-corrected chi connectivity index (χ3v) is 5.13. The molecule has 0 amide bonds. The Bertz CT molecular complexity index is 914. The van der Waals surface area contributed by atoms with Gasteiger partial charge in [-0.15, -0.1) is 0 Å². The fraction of sp³-hybridized carbons (Fsp3) is 0.375. The molecule has 0 aromatic heterocycles. The van der Waals surface area contributed by atoms with E-state index in [2.05, 4.69) is 0 Å². The highest BCUT2D eigenvalue weighted by molar-refractivity contribution is 6.14. The lowest BCUT2D eigenvalue weighted by molar-refractivity contribution is -0.914. The zero-order chi connectivity index (χ0) is 22.2. The third kappa shape index (κ3) is 5.64. The molecule has 0 radical (unpaired) electrons. The summed E-state index contributed by atoms with van der Waals surface area (Å²) in [4.78, 5) is 14.0. The molecule has 1 N–H and O–H groups in total. The van der Waals surface area contributed by atoms with E-state index in [1.54, 1.807) is 26.4 Å². The molecule has 1 aliphatic heterocycles. The van der Waals surface area contributed by atoms with E-state index in [0.717, 1.165) is 16.2 Å². The predicted molar refractivity (Wildman–Crippen MR) is 115 cm³/mol. The molecule has 3 rings (SSSR count). The number of carbonyl (C=O) groups is 1. The summed E-state index contributed by atoms with van der Waals surface area (Å²) in [5, 5.41) is 12.6. The van der Waals surface area contributed by atoms with Gasteiger partial charge in [0.15, 0.2) is 5.76 Å². The first kappa shape index (κ1) is 22.8. The number of allylic oxidation sites excluding steroid dienone is 1. The number of methoxy groups -OCH3 is 2. The number of ether oxygens (including phenoxy) is 4. The molecule has 0 bridgehead atoms. The van der Waals surface area contributed by atoms with Crippen molar-refractivity contribution in [2.24, 2.45) is 0 Å². The van der Waals surface area contributed by atoms with Crippen LogP contribution in [0.4, 0.5) is 0 Å². The van der Waals surface area contributed by atoms with Crippen LogP contribution in [0.1, 0.15) is 28.4 Å². The van der Waals surface area contributed by atoms with Gasteiger partial charge >= 0.3 is 0 Å². The maximum absolute atomic E-state index is 12.9. The van der Waals surface area contributed by atoms with E-state index >= 15 is 0 Å². The van der Waals surface area contributed by atoms with Gasteiger partial charge in [0.05, 0.1) is 25.4 Å². The summed E-state index contributed by atoms with van der Waals surface area (Å²) < 4.78 is 21.8. The van der Waals surface area contributed by atoms with E-state index < -0.39 is 0 Å². The van der Waals surface area contributed by atoms with Crippen LogP contribution in [0, 0.1) is 0 Å². The van der Waals surface area contributed by atoms with Crippen LogP contribution in [0.2, 0.25) is 0 Å². The highest BCUT2D eigenvalue weighted by atomic mass is 16.5. The Morgan fingerprint density at radius 1 is 1.03 bits per heavy atom. The number of rotatable bonds is 11. The molecule has 31 heavy (non-hydrogen) atoms. The van der Waals surface area contributed by atoms with Gasteiger partial charge in [-0.25, -0.2) is 0 Å². The Hall–Kier alpha value is -2.87. The van der Waals surface area contributed by atoms with E-state index in [9.17, 15) is 9.90 Å². The summed E-state index contributed by atoms with van der Waals surface area (Å²) in [6.07, 6.45) is 1.69. The minimum Gasteiger partial charge on any atom is -0.872 e. The van der Waals surface area contributed by atoms with E-state index in [4.69, 9.17) is 18.9 Å². The van der Waals surface area contributed by atoms with Crippen molar-refractivity contribution in [3.63, 3.8) is 0 Å². The molecule has 0 unspecified atom stereocenters. The molecule has 166 valence electrons. The minimum absolute atomic E-state index is 0.138. The lowest BCUT2D eigenvalue weighted by Crippen LogP contribution is -3.11. The number of quaternary nitrogens is 1. The van der Waals surface area contributed by atoms with Gasteiger partial charge in [-0.05, 0) is 36.8 Å². The zero-order valence-corrected chi connectivity index (χ0v) is 18.2. The lowest BCUT2D eigenvalue weighted by atomic mass is 10.0. The smallest absolute Gasteiger partial charge is 0.231 e. The fourth-order valence-corrected chi connectivity index (χ4v) is 3.48. The van der Waals surface area contributed by atoms with Crippen molar-refractivity contribution in [1.82, 2.24) is 0 Å². The molecule has 1 aliphatic rings. The van der Waals surface area contributed by atoms with Crippen LogP contribution < -0.4 is 19.5 Å². The summed E-state index contributed by atoms with van der Waals surface area (Å²) in [5.41, 5.74) is 1.74. The first-order valence-corrected chi connectivity index (χ1v) is 10.4. The number of fused-ring (bicyclic) bond motifs is 1. The van der Waals surface area contributed by atoms with Crippen LogP contribution in [0.5, 0.6) is 17.2 Å². The van der Waals surface area contributed by atoms with Crippen molar-refractivity contribution >= 4 is 11.9 Å². The van der Waals surface area contributed by atoms with E-state index in [0.29, 0.717) is 56.3 Å². The predicted octanol–water partition coefficient (Wildman–Crippen LogP) is 1.45. The molecule has 0 aliphatic carbocycles. The minimum atomic E-state index is -0.222. The van der Waals surface area contributed by atoms with Gasteiger partial charge in [0.1, 0.15) is 31.1 Å². The van der Waals surface area contributed by atoms with Gasteiger partial charge in [0.25, 0.3) is 0 Å². The second-order valence-corrected chi connectivity index (χ2v) is 7.27. The molecule has 1 heterocycles. The molecule has 2 aromatic rings. The van der Waals surface area contributed by atoms with Gasteiger partial charge in [0.2, 0.25) is 5.78 Å². The maximum atomic E-state index is 12.9. The number of carbonyl (C=O) groups excluding carboxylic acids is 1. The summed E-state index contributed by atoms with van der Waals surface area (Å²) >= 11 is 0. The molecule has 0 spiro atoms. The molecule has 0 saturated carbocycles. The van der Waals surface area contributed by atoms with Gasteiger partial charge in [-0.3, -0.25) is 4.79 Å². The first-order chi connectivity index (χ1) is 15.1. The largest absolute Gasteiger partial charge is 0.872 e. The summed E-state index contributed by atoms with van der Waals surface area (Å²) in [7, 11) is 3.29. The van der Waals surface area contributed by atoms with Crippen LogP contribution in [0.15, 0.2) is 42.2 Å². The van der Waals surface area contributed by atoms with Crippen molar-refractivity contribution in [3.05, 3.63) is 58.8 Å². The molecule has 0 fully saturated rings. The standard InChI is InChI=1S/C24H29NO6/c1-4-30-18-7-5-17(6-8-18)15-22-23(27)19-9-10-21(26)20(24(19)31-22)16-25(11-13-28-2)12-14-29-3/h5-10,15,26H,4,11-14,16H2,1-3H3. The van der Waals surface area contributed by atoms with E-state index in [1.807, 2.05) is 31.2 Å². The summed E-state index contributed by atoms with van der Waals surface area (Å²) in [6, 6.07) is 10.4. The quantitative estimate of drug-likeness (QED) is 0.547. The maximum Gasteiger partial charge on any atom is 0.231 e. The second kappa shape index (κ2) is 10.9. The van der Waals surface area contributed by atoms with Crippen LogP contribution in [0.3, 0.4) is 0 Å². The van der Waals surface area contributed by atoms with Gasteiger partial charge in [-0.2, -0.15) is 0 Å². The third-order valence-electron chi connectivity index (χ3n) is 5.13. The Morgan fingerprint density at radius 2 is 1.71 bits per heavy atom. The SMILES string of the molecule is CCOc1ccc(C=C2Oc3c(ccc([O-])c3C[NH+](CCOC)CCOC)C2=O)cc1. The highest BCUT2D eigenvalue weighted by Gasteiger charge is 2.31. The molecule has 7 heteroatoms. The molecular formula is C24H29NO6. The van der Waals surface area contributed by atoms with Crippen molar-refractivity contribution in [1.29, 1.82) is 0 Å². The normalized spacial score (nSPS) is 14.2. The van der Waals surface area contributed by atoms with E-state index in [-0.39, 0.29) is 17.3 Å². The first-order valence-electron chi connectivity index (χ1n) is 10.4. The highest BCUT2D eigenvalue weighted by Crippen LogP contribution is 2.38. The number of nitrogens with one attached hydrogen (secondary N) is 1. The number of hydrogen-bond acceptors (Lipinski definition) is 6. The average Bonchev–Trinajstić information content (AvgIpc) is 3.08. The molecular weight excluding hydrogens is 398 g/mol. The van der Waals surface area contributed by atoms with Crippen molar-refractivity contribution in [2.45, 2.75) is 13.5 Å². The second-order valence-electron chi connectivity index (χ2n) is 7.27. The Kier molecular flexibility index (Phi) is 8.06. The monoisotopic (exact) mass is 427 g/mol. The van der Waals surface area contributed by atoms with Crippen molar-refractivity contribution < 1.29 is 33.7 Å². The Labute approximate surface area is 182 Å². The van der Waals surface area contributed by atoms with Crippen LogP contribution in [-0.2, 0) is 16.0 Å². The zero-order valence-electron chi connectivity index (χ0n) is 18.2. The number of hydrogen-bond donors (Lipinski definition) is 1. The average molecular weight is 427 g/mol. The van der Waals surface area contributed by atoms with Crippen LogP contribution >= 0.6 is 0 Å². The van der Waals surface area contributed by atoms with Crippen molar-refractivity contribution in [3.8, 4) is 17.2 Å². The number of ketones is 1. The van der Waals surface area contributed by atoms with Gasteiger partial charge in [0, 0.05) is 19.8 Å². The Balaban J connectivity index is 1.84. The van der Waals surface area contributed by atoms with Crippen molar-refractivity contribution in [2.75, 3.05) is 47.1 Å². The lowest BCUT2D eigenvalue weighted by Gasteiger charge is -2.23. The van der Waals surface area contributed by atoms with E-state index in [1.165, 1.54) is 6.07 Å². The fourth-order valence-electron chi connectivity index (χ4n) is 3.48. The topological polar surface area (TPSA) is 81.5 Å². The number of benzene rings is 2. The molecule has 0 atom stereocenters.